The van der Waals surface area contributed by atoms with Gasteiger partial charge in [-0.2, -0.15) is 11.3 Å². The van der Waals surface area contributed by atoms with E-state index in [1.54, 1.807) is 23.5 Å². The van der Waals surface area contributed by atoms with Crippen LogP contribution in [-0.2, 0) is 6.42 Å². The van der Waals surface area contributed by atoms with Gasteiger partial charge in [-0.15, -0.1) is 0 Å². The van der Waals surface area contributed by atoms with Crippen molar-refractivity contribution < 1.29 is 9.84 Å². The first kappa shape index (κ1) is 16.3. The van der Waals surface area contributed by atoms with Crippen molar-refractivity contribution in [1.29, 1.82) is 0 Å². The van der Waals surface area contributed by atoms with Gasteiger partial charge in [-0.1, -0.05) is 23.7 Å². The van der Waals surface area contributed by atoms with Crippen molar-refractivity contribution in [2.75, 3.05) is 13.2 Å². The largest absolute Gasteiger partial charge is 0.489 e. The van der Waals surface area contributed by atoms with Crippen LogP contribution in [0.1, 0.15) is 12.5 Å². The lowest BCUT2D eigenvalue weighted by Gasteiger charge is -2.17. The van der Waals surface area contributed by atoms with Crippen molar-refractivity contribution in [1.82, 2.24) is 5.32 Å². The van der Waals surface area contributed by atoms with E-state index < -0.39 is 6.10 Å². The summed E-state index contributed by atoms with van der Waals surface area (Å²) in [5.74, 6) is 0.601. The van der Waals surface area contributed by atoms with Crippen LogP contribution in [0.5, 0.6) is 5.75 Å². The van der Waals surface area contributed by atoms with Gasteiger partial charge in [-0.25, -0.2) is 0 Å². The van der Waals surface area contributed by atoms with E-state index in [2.05, 4.69) is 29.1 Å². The van der Waals surface area contributed by atoms with E-state index in [1.807, 2.05) is 12.1 Å². The second-order valence-corrected chi connectivity index (χ2v) is 6.23. The molecule has 2 unspecified atom stereocenters. The predicted octanol–water partition coefficient (Wildman–Crippen LogP) is 3.36. The maximum Gasteiger partial charge on any atom is 0.138 e. The number of benzene rings is 1. The minimum atomic E-state index is -0.564. The molecule has 0 saturated heterocycles. The smallest absolute Gasteiger partial charge is 0.138 e. The van der Waals surface area contributed by atoms with Crippen molar-refractivity contribution in [3.05, 3.63) is 51.7 Å². The molecule has 0 bridgehead atoms. The van der Waals surface area contributed by atoms with Crippen molar-refractivity contribution in [3.8, 4) is 5.75 Å². The number of aliphatic hydroxyl groups excluding tert-OH is 1. The zero-order valence-electron chi connectivity index (χ0n) is 12.0. The molecule has 3 nitrogen and oxygen atoms in total. The van der Waals surface area contributed by atoms with E-state index in [0.717, 1.165) is 6.42 Å². The summed E-state index contributed by atoms with van der Waals surface area (Å²) in [6.07, 6.45) is 0.396. The highest BCUT2D eigenvalue weighted by Gasteiger charge is 2.10. The van der Waals surface area contributed by atoms with Crippen LogP contribution in [0.3, 0.4) is 0 Å². The number of ether oxygens (including phenoxy) is 1. The Morgan fingerprint density at radius 1 is 1.33 bits per heavy atom. The highest BCUT2D eigenvalue weighted by atomic mass is 35.5. The van der Waals surface area contributed by atoms with Crippen LogP contribution >= 0.6 is 22.9 Å². The minimum Gasteiger partial charge on any atom is -0.489 e. The maximum absolute atomic E-state index is 9.95. The Balaban J connectivity index is 1.67. The molecule has 0 saturated carbocycles. The van der Waals surface area contributed by atoms with Gasteiger partial charge < -0.3 is 15.2 Å². The second kappa shape index (κ2) is 8.39. The molecule has 1 aromatic carbocycles. The number of thiophene rings is 1. The lowest BCUT2D eigenvalue weighted by molar-refractivity contribution is 0.104. The van der Waals surface area contributed by atoms with E-state index in [9.17, 15) is 5.11 Å². The van der Waals surface area contributed by atoms with Crippen LogP contribution in [0.2, 0.25) is 5.02 Å². The number of rotatable bonds is 8. The lowest BCUT2D eigenvalue weighted by Crippen LogP contribution is -2.37. The molecule has 114 valence electrons. The Kier molecular flexibility index (Phi) is 6.51. The van der Waals surface area contributed by atoms with Gasteiger partial charge in [0.05, 0.1) is 5.02 Å². The molecule has 0 aliphatic rings. The van der Waals surface area contributed by atoms with Crippen molar-refractivity contribution >= 4 is 22.9 Å². The molecule has 0 spiro atoms. The summed E-state index contributed by atoms with van der Waals surface area (Å²) in [7, 11) is 0. The molecule has 0 aliphatic heterocycles. The Bertz CT molecular complexity index is 533. The number of hydrogen-bond acceptors (Lipinski definition) is 4. The van der Waals surface area contributed by atoms with E-state index in [1.165, 1.54) is 5.56 Å². The third kappa shape index (κ3) is 5.67. The Morgan fingerprint density at radius 3 is 2.86 bits per heavy atom. The third-order valence-corrected chi connectivity index (χ3v) is 4.14. The molecule has 21 heavy (non-hydrogen) atoms. The first-order chi connectivity index (χ1) is 10.1. The van der Waals surface area contributed by atoms with Gasteiger partial charge in [0.2, 0.25) is 0 Å². The average Bonchev–Trinajstić information content (AvgIpc) is 2.97. The van der Waals surface area contributed by atoms with Gasteiger partial charge >= 0.3 is 0 Å². The number of hydrogen-bond donors (Lipinski definition) is 2. The molecule has 2 atom stereocenters. The molecule has 2 N–H and O–H groups in total. The molecular formula is C16H20ClNO2S. The molecule has 0 aliphatic carbocycles. The summed E-state index contributed by atoms with van der Waals surface area (Å²) in [4.78, 5) is 0. The average molecular weight is 326 g/mol. The first-order valence-electron chi connectivity index (χ1n) is 6.95. The van der Waals surface area contributed by atoms with Crippen LogP contribution in [0.4, 0.5) is 0 Å². The second-order valence-electron chi connectivity index (χ2n) is 5.04. The minimum absolute atomic E-state index is 0.224. The highest BCUT2D eigenvalue weighted by Crippen LogP contribution is 2.23. The SMILES string of the molecule is CC(Cc1ccsc1)NCC(O)COc1ccccc1Cl. The molecule has 5 heteroatoms. The van der Waals surface area contributed by atoms with Crippen LogP contribution < -0.4 is 10.1 Å². The Morgan fingerprint density at radius 2 is 2.14 bits per heavy atom. The predicted molar refractivity (Wildman–Crippen MR) is 88.4 cm³/mol. The summed E-state index contributed by atoms with van der Waals surface area (Å²) < 4.78 is 5.52. The molecule has 0 radical (unpaired) electrons. The summed E-state index contributed by atoms with van der Waals surface area (Å²) in [6, 6.07) is 9.70. The number of para-hydroxylation sites is 1. The topological polar surface area (TPSA) is 41.5 Å². The lowest BCUT2D eigenvalue weighted by atomic mass is 10.1. The van der Waals surface area contributed by atoms with Crippen molar-refractivity contribution in [3.63, 3.8) is 0 Å². The van der Waals surface area contributed by atoms with Gasteiger partial charge in [-0.3, -0.25) is 0 Å². The van der Waals surface area contributed by atoms with E-state index >= 15 is 0 Å². The fraction of sp³-hybridized carbons (Fsp3) is 0.375. The van der Waals surface area contributed by atoms with Gasteiger partial charge in [0.1, 0.15) is 18.5 Å². The molecular weight excluding hydrogens is 306 g/mol. The number of nitrogens with one attached hydrogen (secondary N) is 1. The maximum atomic E-state index is 9.95. The number of aliphatic hydroxyl groups is 1. The fourth-order valence-corrected chi connectivity index (χ4v) is 2.85. The molecule has 0 amide bonds. The van der Waals surface area contributed by atoms with Crippen LogP contribution in [-0.4, -0.2) is 30.4 Å². The fourth-order valence-electron chi connectivity index (χ4n) is 1.98. The van der Waals surface area contributed by atoms with Crippen molar-refractivity contribution in [2.24, 2.45) is 0 Å². The van der Waals surface area contributed by atoms with Crippen LogP contribution in [0.15, 0.2) is 41.1 Å². The molecule has 1 heterocycles. The van der Waals surface area contributed by atoms with Gasteiger partial charge in [0, 0.05) is 12.6 Å². The first-order valence-corrected chi connectivity index (χ1v) is 8.27. The zero-order chi connectivity index (χ0) is 15.1. The molecule has 2 rings (SSSR count). The third-order valence-electron chi connectivity index (χ3n) is 3.09. The van der Waals surface area contributed by atoms with E-state index in [-0.39, 0.29) is 6.61 Å². The standard InChI is InChI=1S/C16H20ClNO2S/c1-12(8-13-6-7-21-11-13)18-9-14(19)10-20-16-5-3-2-4-15(16)17/h2-7,11-12,14,18-19H,8-10H2,1H3. The highest BCUT2D eigenvalue weighted by molar-refractivity contribution is 7.07. The molecule has 1 aromatic heterocycles. The van der Waals surface area contributed by atoms with Crippen LogP contribution in [0, 0.1) is 0 Å². The quantitative estimate of drug-likeness (QED) is 0.782. The van der Waals surface area contributed by atoms with Crippen molar-refractivity contribution in [2.45, 2.75) is 25.5 Å². The van der Waals surface area contributed by atoms with E-state index in [4.69, 9.17) is 16.3 Å². The van der Waals surface area contributed by atoms with Gasteiger partial charge in [0.25, 0.3) is 0 Å². The van der Waals surface area contributed by atoms with E-state index in [0.29, 0.717) is 23.4 Å². The number of halogens is 1. The van der Waals surface area contributed by atoms with Crippen LogP contribution in [0.25, 0.3) is 0 Å². The Labute approximate surface area is 134 Å². The summed E-state index contributed by atoms with van der Waals surface area (Å²) in [6.45, 7) is 2.83. The van der Waals surface area contributed by atoms with Gasteiger partial charge in [-0.05, 0) is 47.9 Å². The van der Waals surface area contributed by atoms with Gasteiger partial charge in [0.15, 0.2) is 0 Å². The normalized spacial score (nSPS) is 13.9. The molecule has 0 fully saturated rings. The zero-order valence-corrected chi connectivity index (χ0v) is 13.5. The summed E-state index contributed by atoms with van der Waals surface area (Å²) in [5.41, 5.74) is 1.32. The summed E-state index contributed by atoms with van der Waals surface area (Å²) in [5, 5.41) is 18.0. The monoisotopic (exact) mass is 325 g/mol. The molecule has 2 aromatic rings. The Hall–Kier alpha value is -1.07. The summed E-state index contributed by atoms with van der Waals surface area (Å²) >= 11 is 7.70.